The lowest BCUT2D eigenvalue weighted by molar-refractivity contribution is 0.302. The van der Waals surface area contributed by atoms with Gasteiger partial charge in [0.05, 0.1) is 6.54 Å². The Morgan fingerprint density at radius 3 is 2.52 bits per heavy atom. The Morgan fingerprint density at radius 1 is 1.10 bits per heavy atom. The van der Waals surface area contributed by atoms with Crippen molar-refractivity contribution >= 4 is 0 Å². The quantitative estimate of drug-likeness (QED) is 0.861. The molecule has 1 N–H and O–H groups in total. The maximum Gasteiger partial charge on any atom is 0.120 e. The first-order valence-corrected chi connectivity index (χ1v) is 7.47. The molecule has 0 atom stereocenters. The summed E-state index contributed by atoms with van der Waals surface area (Å²) in [5, 5.41) is 3.36. The molecule has 3 heteroatoms. The Labute approximate surface area is 127 Å². The normalized spacial score (nSPS) is 11.1. The van der Waals surface area contributed by atoms with Gasteiger partial charge in [0.2, 0.25) is 0 Å². The molecule has 0 bridgehead atoms. The molecule has 0 radical (unpaired) electrons. The van der Waals surface area contributed by atoms with Gasteiger partial charge in [0.1, 0.15) is 23.9 Å². The maximum absolute atomic E-state index is 5.87. The summed E-state index contributed by atoms with van der Waals surface area (Å²) in [6, 6.07) is 8.70. The van der Waals surface area contributed by atoms with Gasteiger partial charge in [-0.05, 0) is 50.1 Å². The van der Waals surface area contributed by atoms with Gasteiger partial charge in [-0.15, -0.1) is 0 Å². The average Bonchev–Trinajstić information content (AvgIpc) is 2.78. The third kappa shape index (κ3) is 4.36. The van der Waals surface area contributed by atoms with Crippen molar-refractivity contribution < 1.29 is 9.15 Å². The van der Waals surface area contributed by atoms with Gasteiger partial charge >= 0.3 is 0 Å². The molecule has 114 valence electrons. The second-order valence-corrected chi connectivity index (χ2v) is 5.86. The third-order valence-electron chi connectivity index (χ3n) is 3.63. The van der Waals surface area contributed by atoms with E-state index in [2.05, 4.69) is 51.2 Å². The molecule has 0 aliphatic rings. The SMILES string of the molecule is Cc1ccc(OCc2cc(CNC(C)C)oc2C)cc1C. The number of rotatable bonds is 6. The molecule has 2 rings (SSSR count). The van der Waals surface area contributed by atoms with Crippen LogP contribution in [0.15, 0.2) is 28.7 Å². The van der Waals surface area contributed by atoms with Crippen molar-refractivity contribution in [3.8, 4) is 5.75 Å². The van der Waals surface area contributed by atoms with E-state index < -0.39 is 0 Å². The van der Waals surface area contributed by atoms with E-state index in [0.29, 0.717) is 12.6 Å². The Balaban J connectivity index is 1.97. The number of hydrogen-bond donors (Lipinski definition) is 1. The van der Waals surface area contributed by atoms with E-state index in [0.717, 1.165) is 29.4 Å². The standard InChI is InChI=1S/C18H25NO2/c1-12(2)19-10-18-9-16(15(5)21-18)11-20-17-7-6-13(3)14(4)8-17/h6-9,12,19H,10-11H2,1-5H3. The third-order valence-corrected chi connectivity index (χ3v) is 3.63. The largest absolute Gasteiger partial charge is 0.489 e. The predicted octanol–water partition coefficient (Wildman–Crippen LogP) is 4.28. The van der Waals surface area contributed by atoms with Crippen LogP contribution in [-0.2, 0) is 13.2 Å². The molecule has 2 aromatic rings. The molecule has 1 aromatic heterocycles. The molecular formula is C18H25NO2. The first-order chi connectivity index (χ1) is 9.95. The fourth-order valence-electron chi connectivity index (χ4n) is 2.09. The van der Waals surface area contributed by atoms with Gasteiger partial charge in [-0.25, -0.2) is 0 Å². The van der Waals surface area contributed by atoms with E-state index in [1.54, 1.807) is 0 Å². The van der Waals surface area contributed by atoms with E-state index in [-0.39, 0.29) is 0 Å². The highest BCUT2D eigenvalue weighted by molar-refractivity contribution is 5.34. The van der Waals surface area contributed by atoms with Crippen LogP contribution < -0.4 is 10.1 Å². The Hall–Kier alpha value is -1.74. The minimum atomic E-state index is 0.450. The molecule has 0 unspecified atom stereocenters. The van der Waals surface area contributed by atoms with Gasteiger partial charge in [0.25, 0.3) is 0 Å². The Morgan fingerprint density at radius 2 is 1.86 bits per heavy atom. The van der Waals surface area contributed by atoms with Crippen LogP contribution in [0, 0.1) is 20.8 Å². The second kappa shape index (κ2) is 6.81. The smallest absolute Gasteiger partial charge is 0.120 e. The van der Waals surface area contributed by atoms with E-state index in [1.807, 2.05) is 13.0 Å². The van der Waals surface area contributed by atoms with Crippen molar-refractivity contribution in [1.29, 1.82) is 0 Å². The molecule has 0 spiro atoms. The fraction of sp³-hybridized carbons (Fsp3) is 0.444. The summed E-state index contributed by atoms with van der Waals surface area (Å²) in [6.45, 7) is 11.7. The molecule has 0 fully saturated rings. The first kappa shape index (κ1) is 15.6. The van der Waals surface area contributed by atoms with Crippen molar-refractivity contribution in [3.63, 3.8) is 0 Å². The molecule has 1 heterocycles. The monoisotopic (exact) mass is 287 g/mol. The van der Waals surface area contributed by atoms with E-state index in [9.17, 15) is 0 Å². The molecule has 0 amide bonds. The molecule has 1 aromatic carbocycles. The molecule has 0 saturated heterocycles. The van der Waals surface area contributed by atoms with Gasteiger partial charge in [-0.2, -0.15) is 0 Å². The molecule has 3 nitrogen and oxygen atoms in total. The van der Waals surface area contributed by atoms with Crippen molar-refractivity contribution in [2.24, 2.45) is 0 Å². The zero-order valence-electron chi connectivity index (χ0n) is 13.6. The van der Waals surface area contributed by atoms with E-state index in [1.165, 1.54) is 11.1 Å². The van der Waals surface area contributed by atoms with Crippen LogP contribution in [0.3, 0.4) is 0 Å². The predicted molar refractivity (Wildman–Crippen MR) is 85.7 cm³/mol. The highest BCUT2D eigenvalue weighted by Gasteiger charge is 2.09. The van der Waals surface area contributed by atoms with Crippen molar-refractivity contribution in [3.05, 3.63) is 52.5 Å². The molecular weight excluding hydrogens is 262 g/mol. The fourth-order valence-corrected chi connectivity index (χ4v) is 2.09. The number of ether oxygens (including phenoxy) is 1. The van der Waals surface area contributed by atoms with Crippen molar-refractivity contribution in [2.75, 3.05) is 0 Å². The number of hydrogen-bond acceptors (Lipinski definition) is 3. The number of aryl methyl sites for hydroxylation is 3. The summed E-state index contributed by atoms with van der Waals surface area (Å²) in [6.07, 6.45) is 0. The van der Waals surface area contributed by atoms with Gasteiger partial charge in [-0.3, -0.25) is 0 Å². The van der Waals surface area contributed by atoms with Crippen molar-refractivity contribution in [2.45, 2.75) is 53.8 Å². The van der Waals surface area contributed by atoms with Crippen LogP contribution in [0.5, 0.6) is 5.75 Å². The van der Waals surface area contributed by atoms with Gasteiger partial charge < -0.3 is 14.5 Å². The number of nitrogens with one attached hydrogen (secondary N) is 1. The van der Waals surface area contributed by atoms with Crippen LogP contribution >= 0.6 is 0 Å². The summed E-state index contributed by atoms with van der Waals surface area (Å²) in [7, 11) is 0. The Kier molecular flexibility index (Phi) is 5.07. The summed E-state index contributed by atoms with van der Waals surface area (Å²) >= 11 is 0. The highest BCUT2D eigenvalue weighted by atomic mass is 16.5. The van der Waals surface area contributed by atoms with E-state index in [4.69, 9.17) is 9.15 Å². The molecule has 0 saturated carbocycles. The van der Waals surface area contributed by atoms with Gasteiger partial charge in [0.15, 0.2) is 0 Å². The Bertz CT molecular complexity index is 599. The van der Waals surface area contributed by atoms with Gasteiger partial charge in [0, 0.05) is 11.6 Å². The minimum absolute atomic E-state index is 0.450. The topological polar surface area (TPSA) is 34.4 Å². The average molecular weight is 287 g/mol. The van der Waals surface area contributed by atoms with Crippen molar-refractivity contribution in [1.82, 2.24) is 5.32 Å². The summed E-state index contributed by atoms with van der Waals surface area (Å²) in [5.41, 5.74) is 3.64. The van der Waals surface area contributed by atoms with Crippen LogP contribution in [0.1, 0.15) is 42.1 Å². The number of benzene rings is 1. The summed E-state index contributed by atoms with van der Waals surface area (Å²) in [5.74, 6) is 2.79. The first-order valence-electron chi connectivity index (χ1n) is 7.47. The lowest BCUT2D eigenvalue weighted by atomic mass is 10.1. The lowest BCUT2D eigenvalue weighted by Gasteiger charge is -2.07. The van der Waals surface area contributed by atoms with Crippen LogP contribution in [-0.4, -0.2) is 6.04 Å². The number of furan rings is 1. The summed E-state index contributed by atoms with van der Waals surface area (Å²) < 4.78 is 11.6. The van der Waals surface area contributed by atoms with Crippen LogP contribution in [0.4, 0.5) is 0 Å². The molecule has 0 aliphatic carbocycles. The molecule has 21 heavy (non-hydrogen) atoms. The zero-order chi connectivity index (χ0) is 15.4. The van der Waals surface area contributed by atoms with Gasteiger partial charge in [-0.1, -0.05) is 19.9 Å². The zero-order valence-corrected chi connectivity index (χ0v) is 13.6. The highest BCUT2D eigenvalue weighted by Crippen LogP contribution is 2.20. The lowest BCUT2D eigenvalue weighted by Crippen LogP contribution is -2.21. The second-order valence-electron chi connectivity index (χ2n) is 5.86. The summed E-state index contributed by atoms with van der Waals surface area (Å²) in [4.78, 5) is 0. The van der Waals surface area contributed by atoms with Crippen LogP contribution in [0.25, 0.3) is 0 Å². The van der Waals surface area contributed by atoms with E-state index >= 15 is 0 Å². The minimum Gasteiger partial charge on any atom is -0.489 e. The molecule has 0 aliphatic heterocycles. The maximum atomic E-state index is 5.87. The van der Waals surface area contributed by atoms with Crippen LogP contribution in [0.2, 0.25) is 0 Å².